The van der Waals surface area contributed by atoms with Gasteiger partial charge in [-0.1, -0.05) is 42.3 Å². The Morgan fingerprint density at radius 1 is 1.11 bits per heavy atom. The fourth-order valence-corrected chi connectivity index (χ4v) is 4.36. The summed E-state index contributed by atoms with van der Waals surface area (Å²) in [5, 5.41) is 9.13. The molecule has 0 saturated heterocycles. The van der Waals surface area contributed by atoms with Gasteiger partial charge in [-0.15, -0.1) is 5.92 Å². The molecule has 0 spiro atoms. The summed E-state index contributed by atoms with van der Waals surface area (Å²) in [6, 6.07) is 19.2. The molecule has 1 N–H and O–H groups in total. The number of carbonyl (C=O) groups is 2. The van der Waals surface area contributed by atoms with Gasteiger partial charge in [-0.2, -0.15) is 0 Å². The van der Waals surface area contributed by atoms with E-state index in [1.165, 1.54) is 6.07 Å². The van der Waals surface area contributed by atoms with E-state index in [2.05, 4.69) is 11.8 Å². The van der Waals surface area contributed by atoms with Crippen LogP contribution in [0.25, 0.3) is 11.1 Å². The number of hydrogen-bond acceptors (Lipinski definition) is 3. The largest absolute Gasteiger partial charge is 0.481 e. The molecule has 0 aromatic heterocycles. The predicted octanol–water partition coefficient (Wildman–Crippen LogP) is 5.74. The second kappa shape index (κ2) is 9.63. The van der Waals surface area contributed by atoms with Gasteiger partial charge in [-0.05, 0) is 67.8 Å². The zero-order valence-electron chi connectivity index (χ0n) is 19.8. The SMILES string of the molecule is CC#CC(CC(=O)O)c1ccc(OCN2C(=O)C(C)(C)c3cc(-c4ccccc4F)ccc32)cc1. The van der Waals surface area contributed by atoms with Gasteiger partial charge in [-0.3, -0.25) is 14.5 Å². The van der Waals surface area contributed by atoms with Crippen LogP contribution >= 0.6 is 0 Å². The lowest BCUT2D eigenvalue weighted by molar-refractivity contribution is -0.137. The van der Waals surface area contributed by atoms with Crippen molar-refractivity contribution < 1.29 is 23.8 Å². The highest BCUT2D eigenvalue weighted by Crippen LogP contribution is 2.43. The summed E-state index contributed by atoms with van der Waals surface area (Å²) in [7, 11) is 0. The molecule has 3 aromatic rings. The van der Waals surface area contributed by atoms with Gasteiger partial charge in [0.25, 0.3) is 0 Å². The number of fused-ring (bicyclic) bond motifs is 1. The Morgan fingerprint density at radius 2 is 1.83 bits per heavy atom. The molecule has 1 heterocycles. The summed E-state index contributed by atoms with van der Waals surface area (Å²) in [5.41, 5.74) is 2.76. The molecule has 1 aliphatic heterocycles. The lowest BCUT2D eigenvalue weighted by Gasteiger charge is -2.21. The van der Waals surface area contributed by atoms with Crippen LogP contribution in [0.2, 0.25) is 0 Å². The van der Waals surface area contributed by atoms with E-state index in [0.29, 0.717) is 16.9 Å². The average Bonchev–Trinajstić information content (AvgIpc) is 3.02. The van der Waals surface area contributed by atoms with Crippen molar-refractivity contribution in [1.82, 2.24) is 0 Å². The number of amides is 1. The first-order chi connectivity index (χ1) is 16.7. The monoisotopic (exact) mass is 471 g/mol. The molecule has 0 fully saturated rings. The molecule has 5 nitrogen and oxygen atoms in total. The zero-order valence-corrected chi connectivity index (χ0v) is 19.8. The van der Waals surface area contributed by atoms with E-state index >= 15 is 0 Å². The second-order valence-corrected chi connectivity index (χ2v) is 8.96. The second-order valence-electron chi connectivity index (χ2n) is 8.96. The van der Waals surface area contributed by atoms with Gasteiger partial charge in [0.15, 0.2) is 6.73 Å². The molecule has 1 aliphatic rings. The summed E-state index contributed by atoms with van der Waals surface area (Å²) in [6.07, 6.45) is -0.0793. The minimum atomic E-state index is -0.912. The number of benzene rings is 3. The van der Waals surface area contributed by atoms with E-state index in [1.807, 2.05) is 32.0 Å². The van der Waals surface area contributed by atoms with Gasteiger partial charge in [0.2, 0.25) is 5.91 Å². The lowest BCUT2D eigenvalue weighted by atomic mass is 9.84. The molecule has 6 heteroatoms. The first-order valence-electron chi connectivity index (χ1n) is 11.3. The Labute approximate surface area is 204 Å². The molecule has 0 saturated carbocycles. The molecular weight excluding hydrogens is 445 g/mol. The van der Waals surface area contributed by atoms with Gasteiger partial charge in [-0.25, -0.2) is 4.39 Å². The molecule has 35 heavy (non-hydrogen) atoms. The van der Waals surface area contributed by atoms with Gasteiger partial charge in [0.05, 0.1) is 23.4 Å². The van der Waals surface area contributed by atoms with Crippen molar-refractivity contribution in [2.24, 2.45) is 0 Å². The maximum Gasteiger partial charge on any atom is 0.304 e. The molecule has 1 unspecified atom stereocenters. The van der Waals surface area contributed by atoms with Gasteiger partial charge >= 0.3 is 5.97 Å². The molecular formula is C29H26FNO4. The van der Waals surface area contributed by atoms with Crippen LogP contribution in [0.3, 0.4) is 0 Å². The van der Waals surface area contributed by atoms with Crippen LogP contribution in [0.1, 0.15) is 44.2 Å². The number of rotatable bonds is 7. The number of halogens is 1. The summed E-state index contributed by atoms with van der Waals surface area (Å²) in [4.78, 5) is 26.0. The van der Waals surface area contributed by atoms with Crippen LogP contribution in [0, 0.1) is 17.7 Å². The summed E-state index contributed by atoms with van der Waals surface area (Å²) in [5.74, 6) is 4.53. The summed E-state index contributed by atoms with van der Waals surface area (Å²) < 4.78 is 20.2. The number of ether oxygens (including phenoxy) is 1. The van der Waals surface area contributed by atoms with Crippen LogP contribution in [-0.4, -0.2) is 23.7 Å². The number of hydrogen-bond donors (Lipinski definition) is 1. The Morgan fingerprint density at radius 3 is 2.49 bits per heavy atom. The third-order valence-corrected chi connectivity index (χ3v) is 6.27. The molecule has 0 radical (unpaired) electrons. The maximum atomic E-state index is 14.3. The topological polar surface area (TPSA) is 66.8 Å². The van der Waals surface area contributed by atoms with Crippen molar-refractivity contribution >= 4 is 17.6 Å². The summed E-state index contributed by atoms with van der Waals surface area (Å²) in [6.45, 7) is 5.40. The highest BCUT2D eigenvalue weighted by molar-refractivity contribution is 6.07. The van der Waals surface area contributed by atoms with Crippen LogP contribution in [-0.2, 0) is 15.0 Å². The third-order valence-electron chi connectivity index (χ3n) is 6.27. The van der Waals surface area contributed by atoms with Gasteiger partial charge < -0.3 is 9.84 Å². The van der Waals surface area contributed by atoms with E-state index in [1.54, 1.807) is 54.3 Å². The molecule has 1 amide bonds. The first kappa shape index (κ1) is 24.0. The maximum absolute atomic E-state index is 14.3. The molecule has 178 valence electrons. The summed E-state index contributed by atoms with van der Waals surface area (Å²) >= 11 is 0. The molecule has 4 rings (SSSR count). The number of anilines is 1. The number of carboxylic acids is 1. The Kier molecular flexibility index (Phi) is 6.61. The van der Waals surface area contributed by atoms with Crippen molar-refractivity contribution in [2.45, 2.75) is 38.5 Å². The third kappa shape index (κ3) is 4.76. The molecule has 1 atom stereocenters. The van der Waals surface area contributed by atoms with Crippen LogP contribution in [0.15, 0.2) is 66.7 Å². The Bertz CT molecular complexity index is 1330. The number of aliphatic carboxylic acids is 1. The van der Waals surface area contributed by atoms with E-state index in [-0.39, 0.29) is 24.9 Å². The minimum Gasteiger partial charge on any atom is -0.481 e. The van der Waals surface area contributed by atoms with Gasteiger partial charge in [0, 0.05) is 5.56 Å². The molecule has 0 aliphatic carbocycles. The van der Waals surface area contributed by atoms with Gasteiger partial charge in [0.1, 0.15) is 11.6 Å². The van der Waals surface area contributed by atoms with Crippen molar-refractivity contribution in [2.75, 3.05) is 11.6 Å². The standard InChI is InChI=1S/C29H26FNO4/c1-4-7-20(17-27(32)33)19-10-13-22(14-11-19)35-18-31-26-15-12-21(23-8-5-6-9-25(23)30)16-24(26)29(2,3)28(31)34/h5-6,8-16,20H,17-18H2,1-3H3,(H,32,33). The number of carboxylic acid groups (broad SMARTS) is 1. The Balaban J connectivity index is 1.54. The van der Waals surface area contributed by atoms with Crippen molar-refractivity contribution in [3.8, 4) is 28.7 Å². The average molecular weight is 472 g/mol. The quantitative estimate of drug-likeness (QED) is 0.447. The van der Waals surface area contributed by atoms with Crippen molar-refractivity contribution in [3.63, 3.8) is 0 Å². The predicted molar refractivity (Wildman–Crippen MR) is 133 cm³/mol. The first-order valence-corrected chi connectivity index (χ1v) is 11.3. The molecule has 0 bridgehead atoms. The molecule has 3 aromatic carbocycles. The highest BCUT2D eigenvalue weighted by atomic mass is 19.1. The van der Waals surface area contributed by atoms with E-state index in [0.717, 1.165) is 16.8 Å². The van der Waals surface area contributed by atoms with E-state index in [4.69, 9.17) is 9.84 Å². The number of nitrogens with zero attached hydrogens (tertiary/aromatic N) is 1. The fraction of sp³-hybridized carbons (Fsp3) is 0.241. The van der Waals surface area contributed by atoms with E-state index < -0.39 is 17.3 Å². The highest BCUT2D eigenvalue weighted by Gasteiger charge is 2.44. The fourth-order valence-electron chi connectivity index (χ4n) is 4.36. The van der Waals surface area contributed by atoms with E-state index in [9.17, 15) is 14.0 Å². The van der Waals surface area contributed by atoms with Crippen LogP contribution < -0.4 is 9.64 Å². The Hall–Kier alpha value is -4.11. The normalized spacial score (nSPS) is 14.6. The zero-order chi connectivity index (χ0) is 25.2. The smallest absolute Gasteiger partial charge is 0.304 e. The van der Waals surface area contributed by atoms with Crippen molar-refractivity contribution in [1.29, 1.82) is 0 Å². The lowest BCUT2D eigenvalue weighted by Crippen LogP contribution is -2.38. The number of carbonyl (C=O) groups excluding carboxylic acids is 1. The minimum absolute atomic E-state index is 0.0149. The van der Waals surface area contributed by atoms with Crippen LogP contribution in [0.5, 0.6) is 5.75 Å². The van der Waals surface area contributed by atoms with Crippen molar-refractivity contribution in [3.05, 3.63) is 83.7 Å². The van der Waals surface area contributed by atoms with Crippen LogP contribution in [0.4, 0.5) is 10.1 Å².